The zero-order valence-electron chi connectivity index (χ0n) is 9.40. The van der Waals surface area contributed by atoms with Gasteiger partial charge in [-0.25, -0.2) is 0 Å². The summed E-state index contributed by atoms with van der Waals surface area (Å²) < 4.78 is 0. The Morgan fingerprint density at radius 3 is 2.31 bits per heavy atom. The number of rotatable bonds is 2. The van der Waals surface area contributed by atoms with Crippen LogP contribution in [0.15, 0.2) is 55.1 Å². The molecule has 1 heteroatoms. The molecule has 0 spiro atoms. The van der Waals surface area contributed by atoms with E-state index in [1.165, 1.54) is 5.56 Å². The van der Waals surface area contributed by atoms with Gasteiger partial charge >= 0.3 is 0 Å². The SMILES string of the molecule is C=C(N)c1c(C)cccc1-c1ccccc1. The normalized spacial score (nSPS) is 10.1. The van der Waals surface area contributed by atoms with Gasteiger partial charge in [-0.2, -0.15) is 0 Å². The molecule has 0 aliphatic carbocycles. The van der Waals surface area contributed by atoms with Crippen LogP contribution in [0.1, 0.15) is 11.1 Å². The predicted octanol–water partition coefficient (Wildman–Crippen LogP) is 3.59. The topological polar surface area (TPSA) is 26.0 Å². The van der Waals surface area contributed by atoms with Gasteiger partial charge in [0, 0.05) is 11.3 Å². The first-order chi connectivity index (χ1) is 7.70. The molecule has 0 fully saturated rings. The zero-order chi connectivity index (χ0) is 11.5. The fourth-order valence-electron chi connectivity index (χ4n) is 1.95. The van der Waals surface area contributed by atoms with Crippen LogP contribution in [-0.2, 0) is 0 Å². The minimum absolute atomic E-state index is 0.622. The summed E-state index contributed by atoms with van der Waals surface area (Å²) in [5.41, 5.74) is 11.0. The summed E-state index contributed by atoms with van der Waals surface area (Å²) in [6.07, 6.45) is 0. The van der Waals surface area contributed by atoms with Crippen LogP contribution in [-0.4, -0.2) is 0 Å². The van der Waals surface area contributed by atoms with Gasteiger partial charge in [0.15, 0.2) is 0 Å². The predicted molar refractivity (Wildman–Crippen MR) is 69.8 cm³/mol. The Morgan fingerprint density at radius 1 is 1.00 bits per heavy atom. The number of benzene rings is 2. The third-order valence-corrected chi connectivity index (χ3v) is 2.68. The first-order valence-electron chi connectivity index (χ1n) is 5.30. The van der Waals surface area contributed by atoms with Crippen molar-refractivity contribution >= 4 is 5.70 Å². The van der Waals surface area contributed by atoms with Gasteiger partial charge in [-0.1, -0.05) is 55.1 Å². The quantitative estimate of drug-likeness (QED) is 0.803. The maximum Gasteiger partial charge on any atom is 0.0323 e. The van der Waals surface area contributed by atoms with Crippen molar-refractivity contribution in [2.24, 2.45) is 5.73 Å². The standard InChI is InChI=1S/C15H15N/c1-11-7-6-10-14(15(11)12(2)16)13-8-4-3-5-9-13/h3-10H,2,16H2,1H3. The van der Waals surface area contributed by atoms with Crippen LogP contribution < -0.4 is 5.73 Å². The monoisotopic (exact) mass is 209 g/mol. The maximum absolute atomic E-state index is 5.86. The molecule has 0 aromatic heterocycles. The highest BCUT2D eigenvalue weighted by Gasteiger charge is 2.07. The molecule has 16 heavy (non-hydrogen) atoms. The summed E-state index contributed by atoms with van der Waals surface area (Å²) in [5, 5.41) is 0. The lowest BCUT2D eigenvalue weighted by Crippen LogP contribution is -1.99. The van der Waals surface area contributed by atoms with Crippen LogP contribution in [0.2, 0.25) is 0 Å². The molecule has 0 atom stereocenters. The van der Waals surface area contributed by atoms with Gasteiger partial charge in [0.05, 0.1) is 0 Å². The molecule has 0 heterocycles. The molecule has 80 valence electrons. The third-order valence-electron chi connectivity index (χ3n) is 2.68. The first kappa shape index (κ1) is 10.5. The molecule has 0 saturated heterocycles. The Hall–Kier alpha value is -2.02. The Labute approximate surface area is 96.2 Å². The van der Waals surface area contributed by atoms with Crippen molar-refractivity contribution in [2.75, 3.05) is 0 Å². The molecule has 1 nitrogen and oxygen atoms in total. The Morgan fingerprint density at radius 2 is 1.69 bits per heavy atom. The van der Waals surface area contributed by atoms with Crippen LogP contribution in [0.25, 0.3) is 16.8 Å². The van der Waals surface area contributed by atoms with Crippen LogP contribution >= 0.6 is 0 Å². The van der Waals surface area contributed by atoms with Gasteiger partial charge in [-0.15, -0.1) is 0 Å². The van der Waals surface area contributed by atoms with Crippen molar-refractivity contribution in [1.82, 2.24) is 0 Å². The van der Waals surface area contributed by atoms with Crippen molar-refractivity contribution in [1.29, 1.82) is 0 Å². The average Bonchev–Trinajstić information content (AvgIpc) is 2.29. The van der Waals surface area contributed by atoms with E-state index in [1.807, 2.05) is 24.3 Å². The largest absolute Gasteiger partial charge is 0.399 e. The third kappa shape index (κ3) is 1.84. The van der Waals surface area contributed by atoms with Crippen molar-refractivity contribution in [3.8, 4) is 11.1 Å². The van der Waals surface area contributed by atoms with Gasteiger partial charge in [0.25, 0.3) is 0 Å². The summed E-state index contributed by atoms with van der Waals surface area (Å²) in [6, 6.07) is 16.4. The summed E-state index contributed by atoms with van der Waals surface area (Å²) >= 11 is 0. The summed E-state index contributed by atoms with van der Waals surface area (Å²) in [5.74, 6) is 0. The van der Waals surface area contributed by atoms with E-state index >= 15 is 0 Å². The smallest absolute Gasteiger partial charge is 0.0323 e. The Kier molecular flexibility index (Phi) is 2.78. The van der Waals surface area contributed by atoms with Crippen LogP contribution in [0.5, 0.6) is 0 Å². The van der Waals surface area contributed by atoms with E-state index in [4.69, 9.17) is 5.73 Å². The lowest BCUT2D eigenvalue weighted by atomic mass is 9.94. The highest BCUT2D eigenvalue weighted by atomic mass is 14.6. The highest BCUT2D eigenvalue weighted by Crippen LogP contribution is 2.28. The summed E-state index contributed by atoms with van der Waals surface area (Å²) in [6.45, 7) is 5.91. The molecule has 2 aromatic rings. The second-order valence-corrected chi connectivity index (χ2v) is 3.89. The minimum atomic E-state index is 0.622. The summed E-state index contributed by atoms with van der Waals surface area (Å²) in [7, 11) is 0. The molecule has 2 aromatic carbocycles. The molecule has 0 amide bonds. The fraction of sp³-hybridized carbons (Fsp3) is 0.0667. The maximum atomic E-state index is 5.86. The van der Waals surface area contributed by atoms with E-state index in [0.29, 0.717) is 5.70 Å². The van der Waals surface area contributed by atoms with Crippen molar-refractivity contribution in [3.05, 3.63) is 66.2 Å². The number of hydrogen-bond acceptors (Lipinski definition) is 1. The van der Waals surface area contributed by atoms with E-state index < -0.39 is 0 Å². The minimum Gasteiger partial charge on any atom is -0.399 e. The molecule has 0 aliphatic heterocycles. The van der Waals surface area contributed by atoms with E-state index in [0.717, 1.165) is 16.7 Å². The second-order valence-electron chi connectivity index (χ2n) is 3.89. The van der Waals surface area contributed by atoms with Gasteiger partial charge in [0.2, 0.25) is 0 Å². The van der Waals surface area contributed by atoms with E-state index in [9.17, 15) is 0 Å². The fourth-order valence-corrected chi connectivity index (χ4v) is 1.95. The number of aryl methyl sites for hydroxylation is 1. The first-order valence-corrected chi connectivity index (χ1v) is 5.30. The van der Waals surface area contributed by atoms with Crippen molar-refractivity contribution in [2.45, 2.75) is 6.92 Å². The molecule has 0 saturated carbocycles. The van der Waals surface area contributed by atoms with E-state index in [1.54, 1.807) is 0 Å². The van der Waals surface area contributed by atoms with Crippen molar-refractivity contribution < 1.29 is 0 Å². The lowest BCUT2D eigenvalue weighted by molar-refractivity contribution is 1.39. The molecule has 0 unspecified atom stereocenters. The van der Waals surface area contributed by atoms with Gasteiger partial charge in [-0.3, -0.25) is 0 Å². The molecule has 0 aliphatic rings. The molecule has 0 radical (unpaired) electrons. The van der Waals surface area contributed by atoms with Gasteiger partial charge in [0.1, 0.15) is 0 Å². The number of hydrogen-bond donors (Lipinski definition) is 1. The van der Waals surface area contributed by atoms with Crippen LogP contribution in [0.3, 0.4) is 0 Å². The van der Waals surface area contributed by atoms with Gasteiger partial charge < -0.3 is 5.73 Å². The Bertz CT molecular complexity index is 512. The molecule has 2 rings (SSSR count). The molecule has 0 bridgehead atoms. The molecule has 2 N–H and O–H groups in total. The highest BCUT2D eigenvalue weighted by molar-refractivity contribution is 5.81. The van der Waals surface area contributed by atoms with Crippen LogP contribution in [0, 0.1) is 6.92 Å². The average molecular weight is 209 g/mol. The molecular weight excluding hydrogens is 194 g/mol. The Balaban J connectivity index is 2.66. The van der Waals surface area contributed by atoms with E-state index in [2.05, 4.69) is 37.8 Å². The van der Waals surface area contributed by atoms with E-state index in [-0.39, 0.29) is 0 Å². The second kappa shape index (κ2) is 4.23. The number of nitrogens with two attached hydrogens (primary N) is 1. The summed E-state index contributed by atoms with van der Waals surface area (Å²) in [4.78, 5) is 0. The molecular formula is C15H15N. The van der Waals surface area contributed by atoms with Crippen molar-refractivity contribution in [3.63, 3.8) is 0 Å². The van der Waals surface area contributed by atoms with Crippen LogP contribution in [0.4, 0.5) is 0 Å². The van der Waals surface area contributed by atoms with Gasteiger partial charge in [-0.05, 0) is 23.6 Å². The lowest BCUT2D eigenvalue weighted by Gasteiger charge is -2.12. The zero-order valence-corrected chi connectivity index (χ0v) is 9.40.